The molecule has 0 amide bonds. The maximum Gasteiger partial charge on any atom is 0.146 e. The predicted octanol–water partition coefficient (Wildman–Crippen LogP) is 10.0. The fraction of sp³-hybridized carbons (Fsp3) is 0.828. The maximum atomic E-state index is 12.9. The molecule has 0 radical (unpaired) electrons. The number of unbranched alkanes of at least 4 members (excludes halogenated alkanes) is 16. The van der Waals surface area contributed by atoms with Crippen LogP contribution in [0.1, 0.15) is 142 Å². The summed E-state index contributed by atoms with van der Waals surface area (Å²) < 4.78 is 0. The van der Waals surface area contributed by atoms with Gasteiger partial charge in [0.15, 0.2) is 0 Å². The lowest BCUT2D eigenvalue weighted by molar-refractivity contribution is -0.124. The highest BCUT2D eigenvalue weighted by molar-refractivity contribution is 5.86. The molecule has 176 valence electrons. The van der Waals surface area contributed by atoms with Gasteiger partial charge in [0.05, 0.1) is 0 Å². The third-order valence-electron chi connectivity index (χ3n) is 6.54. The fourth-order valence-corrected chi connectivity index (χ4v) is 4.38. The lowest BCUT2D eigenvalue weighted by Crippen LogP contribution is -2.21. The molecule has 0 aromatic heterocycles. The summed E-state index contributed by atoms with van der Waals surface area (Å²) in [6.45, 7) is 12.4. The molecule has 0 aliphatic carbocycles. The smallest absolute Gasteiger partial charge is 0.146 e. The van der Waals surface area contributed by atoms with Crippen LogP contribution in [0.4, 0.5) is 0 Å². The quantitative estimate of drug-likeness (QED) is 0.112. The van der Waals surface area contributed by atoms with Gasteiger partial charge in [0.25, 0.3) is 0 Å². The van der Waals surface area contributed by atoms with Crippen LogP contribution in [0.2, 0.25) is 0 Å². The summed E-state index contributed by atoms with van der Waals surface area (Å²) in [6, 6.07) is 0. The minimum absolute atomic E-state index is 0.0242. The number of rotatable bonds is 24. The molecule has 0 N–H and O–H groups in total. The van der Waals surface area contributed by atoms with Crippen LogP contribution < -0.4 is 0 Å². The number of allylic oxidation sites excluding steroid dienone is 2. The van der Waals surface area contributed by atoms with E-state index in [0.717, 1.165) is 25.7 Å². The van der Waals surface area contributed by atoms with Crippen LogP contribution in [0.3, 0.4) is 0 Å². The normalized spacial score (nSPS) is 13.1. The van der Waals surface area contributed by atoms with Crippen LogP contribution in [0.5, 0.6) is 0 Å². The van der Waals surface area contributed by atoms with Gasteiger partial charge >= 0.3 is 0 Å². The number of ketones is 1. The molecule has 0 saturated heterocycles. The van der Waals surface area contributed by atoms with Crippen LogP contribution in [0, 0.1) is 11.8 Å². The monoisotopic (exact) mass is 418 g/mol. The van der Waals surface area contributed by atoms with E-state index in [4.69, 9.17) is 0 Å². The van der Waals surface area contributed by atoms with Crippen molar-refractivity contribution in [3.63, 3.8) is 0 Å². The first-order valence-electron chi connectivity index (χ1n) is 13.5. The van der Waals surface area contributed by atoms with Crippen LogP contribution >= 0.6 is 0 Å². The number of carbonyl (C=O) groups is 1. The van der Waals surface area contributed by atoms with Gasteiger partial charge in [-0.05, 0) is 12.8 Å². The van der Waals surface area contributed by atoms with E-state index in [-0.39, 0.29) is 11.8 Å². The van der Waals surface area contributed by atoms with Gasteiger partial charge in [-0.3, -0.25) is 4.79 Å². The molecule has 0 aromatic carbocycles. The highest BCUT2D eigenvalue weighted by atomic mass is 16.1. The van der Waals surface area contributed by atoms with Crippen LogP contribution in [0.15, 0.2) is 25.3 Å². The minimum atomic E-state index is 0.0242. The van der Waals surface area contributed by atoms with Gasteiger partial charge in [-0.1, -0.05) is 142 Å². The minimum Gasteiger partial charge on any atom is -0.298 e. The summed E-state index contributed by atoms with van der Waals surface area (Å²) in [5.74, 6) is 0.409. The molecule has 30 heavy (non-hydrogen) atoms. The molecule has 0 aromatic rings. The van der Waals surface area contributed by atoms with Crippen molar-refractivity contribution in [2.75, 3.05) is 0 Å². The Morgan fingerprint density at radius 3 is 1.07 bits per heavy atom. The Morgan fingerprint density at radius 1 is 0.533 bits per heavy atom. The van der Waals surface area contributed by atoms with Crippen molar-refractivity contribution in [2.24, 2.45) is 11.8 Å². The van der Waals surface area contributed by atoms with E-state index in [2.05, 4.69) is 27.0 Å². The molecular weight excluding hydrogens is 364 g/mol. The molecule has 0 bridgehead atoms. The fourth-order valence-electron chi connectivity index (χ4n) is 4.38. The Hall–Kier alpha value is -0.850. The number of carbonyl (C=O) groups excluding carboxylic acids is 1. The van der Waals surface area contributed by atoms with Crippen molar-refractivity contribution in [3.8, 4) is 0 Å². The zero-order valence-corrected chi connectivity index (χ0v) is 20.8. The second-order valence-electron chi connectivity index (χ2n) is 9.32. The van der Waals surface area contributed by atoms with Gasteiger partial charge in [0.2, 0.25) is 0 Å². The summed E-state index contributed by atoms with van der Waals surface area (Å²) in [4.78, 5) is 12.9. The first-order valence-corrected chi connectivity index (χ1v) is 13.5. The van der Waals surface area contributed by atoms with Crippen molar-refractivity contribution in [1.82, 2.24) is 0 Å². The predicted molar refractivity (Wildman–Crippen MR) is 136 cm³/mol. The van der Waals surface area contributed by atoms with Gasteiger partial charge in [0, 0.05) is 11.8 Å². The zero-order chi connectivity index (χ0) is 22.3. The average molecular weight is 419 g/mol. The molecule has 0 saturated carbocycles. The molecule has 0 aliphatic rings. The topological polar surface area (TPSA) is 17.1 Å². The van der Waals surface area contributed by atoms with Crippen molar-refractivity contribution in [1.29, 1.82) is 0 Å². The SMILES string of the molecule is C=CC(CCCCCCCCCCC)C(=O)C(C=C)CCCCCCCCCCC. The molecular formula is C29H54O. The first-order chi connectivity index (χ1) is 14.7. The molecule has 0 rings (SSSR count). The number of hydrogen-bond donors (Lipinski definition) is 0. The van der Waals surface area contributed by atoms with Crippen molar-refractivity contribution < 1.29 is 4.79 Å². The van der Waals surface area contributed by atoms with Gasteiger partial charge in [0.1, 0.15) is 5.78 Å². The molecule has 2 unspecified atom stereocenters. The Bertz CT molecular complexity index is 361. The van der Waals surface area contributed by atoms with Gasteiger partial charge in [-0.2, -0.15) is 0 Å². The summed E-state index contributed by atoms with van der Waals surface area (Å²) in [7, 11) is 0. The third kappa shape index (κ3) is 16.9. The standard InChI is InChI=1S/C29H54O/c1-5-9-11-13-15-17-19-21-23-25-27(7-3)29(30)28(8-4)26-24-22-20-18-16-14-12-10-6-2/h7-8,27-28H,3-6,9-26H2,1-2H3. The Kier molecular flexibility index (Phi) is 22.2. The summed E-state index contributed by atoms with van der Waals surface area (Å²) in [5.41, 5.74) is 0. The Labute approximate surface area is 190 Å². The molecule has 0 fully saturated rings. The number of hydrogen-bond acceptors (Lipinski definition) is 1. The van der Waals surface area contributed by atoms with E-state index in [1.54, 1.807) is 0 Å². The highest BCUT2D eigenvalue weighted by Crippen LogP contribution is 2.22. The second kappa shape index (κ2) is 22.8. The van der Waals surface area contributed by atoms with Crippen LogP contribution in [-0.4, -0.2) is 5.78 Å². The second-order valence-corrected chi connectivity index (χ2v) is 9.32. The van der Waals surface area contributed by atoms with Crippen LogP contribution in [0.25, 0.3) is 0 Å². The van der Waals surface area contributed by atoms with Gasteiger partial charge < -0.3 is 0 Å². The number of Topliss-reactive ketones (excluding diaryl/α,β-unsaturated/α-hetero) is 1. The van der Waals surface area contributed by atoms with E-state index in [0.29, 0.717) is 5.78 Å². The molecule has 1 nitrogen and oxygen atoms in total. The molecule has 0 spiro atoms. The van der Waals surface area contributed by atoms with Gasteiger partial charge in [-0.15, -0.1) is 13.2 Å². The molecule has 0 aliphatic heterocycles. The molecule has 0 heterocycles. The highest BCUT2D eigenvalue weighted by Gasteiger charge is 2.21. The summed E-state index contributed by atoms with van der Waals surface area (Å²) in [5, 5.41) is 0. The van der Waals surface area contributed by atoms with E-state index in [1.165, 1.54) is 103 Å². The molecule has 1 heteroatoms. The first kappa shape index (κ1) is 29.1. The van der Waals surface area contributed by atoms with E-state index in [1.807, 2.05) is 12.2 Å². The van der Waals surface area contributed by atoms with E-state index < -0.39 is 0 Å². The average Bonchev–Trinajstić information content (AvgIpc) is 2.76. The van der Waals surface area contributed by atoms with Gasteiger partial charge in [-0.25, -0.2) is 0 Å². The Balaban J connectivity index is 3.86. The van der Waals surface area contributed by atoms with Crippen molar-refractivity contribution in [2.45, 2.75) is 142 Å². The zero-order valence-electron chi connectivity index (χ0n) is 20.8. The van der Waals surface area contributed by atoms with E-state index >= 15 is 0 Å². The van der Waals surface area contributed by atoms with Crippen molar-refractivity contribution >= 4 is 5.78 Å². The Morgan fingerprint density at radius 2 is 0.800 bits per heavy atom. The van der Waals surface area contributed by atoms with E-state index in [9.17, 15) is 4.79 Å². The van der Waals surface area contributed by atoms with Crippen LogP contribution in [-0.2, 0) is 4.79 Å². The largest absolute Gasteiger partial charge is 0.298 e. The maximum absolute atomic E-state index is 12.9. The summed E-state index contributed by atoms with van der Waals surface area (Å²) in [6.07, 6.45) is 29.6. The third-order valence-corrected chi connectivity index (χ3v) is 6.54. The molecule has 2 atom stereocenters. The summed E-state index contributed by atoms with van der Waals surface area (Å²) >= 11 is 0. The lowest BCUT2D eigenvalue weighted by Gasteiger charge is -2.17. The lowest BCUT2D eigenvalue weighted by atomic mass is 9.86. The van der Waals surface area contributed by atoms with Crippen molar-refractivity contribution in [3.05, 3.63) is 25.3 Å².